The number of rotatable bonds is 9. The molecular weight excluding hydrogens is 222 g/mol. The van der Waals surface area contributed by atoms with E-state index >= 15 is 0 Å². The third-order valence-corrected chi connectivity index (χ3v) is 2.07. The molecule has 0 aromatic carbocycles. The smallest absolute Gasteiger partial charge is 0.326 e. The summed E-state index contributed by atoms with van der Waals surface area (Å²) < 4.78 is 0. The van der Waals surface area contributed by atoms with Crippen molar-refractivity contribution in [2.75, 3.05) is 19.6 Å². The van der Waals surface area contributed by atoms with E-state index in [0.717, 1.165) is 19.5 Å². The fourth-order valence-corrected chi connectivity index (χ4v) is 1.19. The number of carbonyl (C=O) groups is 2. The number of nitrogens with one attached hydrogen (secondary N) is 3. The van der Waals surface area contributed by atoms with Gasteiger partial charge < -0.3 is 21.1 Å². The lowest BCUT2D eigenvalue weighted by atomic mass is 10.2. The van der Waals surface area contributed by atoms with Crippen LogP contribution < -0.4 is 16.0 Å². The molecule has 4 N–H and O–H groups in total. The Morgan fingerprint density at radius 3 is 2.65 bits per heavy atom. The number of urea groups is 1. The van der Waals surface area contributed by atoms with Crippen molar-refractivity contribution in [1.29, 1.82) is 0 Å². The van der Waals surface area contributed by atoms with E-state index in [-0.39, 0.29) is 6.42 Å². The predicted octanol–water partition coefficient (Wildman–Crippen LogP) is 0.315. The molecule has 0 heterocycles. The number of carboxylic acids is 1. The van der Waals surface area contributed by atoms with Gasteiger partial charge in [0.15, 0.2) is 0 Å². The second kappa shape index (κ2) is 9.65. The number of aliphatic carboxylic acids is 1. The average molecular weight is 243 g/mol. The molecule has 0 bridgehead atoms. The second-order valence-electron chi connectivity index (χ2n) is 3.52. The first kappa shape index (κ1) is 15.4. The molecule has 0 aromatic rings. The van der Waals surface area contributed by atoms with Crippen molar-refractivity contribution >= 4 is 12.0 Å². The Labute approximate surface area is 101 Å². The predicted molar refractivity (Wildman–Crippen MR) is 65.9 cm³/mol. The second-order valence-corrected chi connectivity index (χ2v) is 3.52. The van der Waals surface area contributed by atoms with Crippen molar-refractivity contribution in [2.24, 2.45) is 0 Å². The number of amides is 2. The minimum Gasteiger partial charge on any atom is -0.480 e. The van der Waals surface area contributed by atoms with Gasteiger partial charge in [-0.2, -0.15) is 0 Å². The zero-order chi connectivity index (χ0) is 13.1. The molecule has 0 aliphatic rings. The zero-order valence-corrected chi connectivity index (χ0v) is 10.2. The molecule has 0 aliphatic heterocycles. The van der Waals surface area contributed by atoms with Crippen molar-refractivity contribution in [2.45, 2.75) is 25.8 Å². The maximum Gasteiger partial charge on any atom is 0.326 e. The summed E-state index contributed by atoms with van der Waals surface area (Å²) in [7, 11) is 0. The number of carbonyl (C=O) groups excluding carboxylic acids is 1. The number of carboxylic acid groups (broad SMARTS) is 1. The van der Waals surface area contributed by atoms with Crippen molar-refractivity contribution in [3.8, 4) is 0 Å². The number of hydrogen-bond acceptors (Lipinski definition) is 3. The summed E-state index contributed by atoms with van der Waals surface area (Å²) in [6.07, 6.45) is 2.48. The SMILES string of the molecule is C=CCC(NC(=O)NCCCNCC)C(=O)O. The zero-order valence-electron chi connectivity index (χ0n) is 10.2. The molecule has 6 heteroatoms. The first-order chi connectivity index (χ1) is 8.11. The fraction of sp³-hybridized carbons (Fsp3) is 0.636. The van der Waals surface area contributed by atoms with E-state index in [1.807, 2.05) is 6.92 Å². The van der Waals surface area contributed by atoms with Crippen LogP contribution in [-0.2, 0) is 4.79 Å². The maximum absolute atomic E-state index is 11.3. The van der Waals surface area contributed by atoms with Crippen LogP contribution in [0, 0.1) is 0 Å². The average Bonchev–Trinajstić information content (AvgIpc) is 2.28. The highest BCUT2D eigenvalue weighted by Gasteiger charge is 2.17. The van der Waals surface area contributed by atoms with Crippen molar-refractivity contribution < 1.29 is 14.7 Å². The van der Waals surface area contributed by atoms with Gasteiger partial charge >= 0.3 is 12.0 Å². The summed E-state index contributed by atoms with van der Waals surface area (Å²) in [5.74, 6) is -1.06. The summed E-state index contributed by atoms with van der Waals surface area (Å²) in [4.78, 5) is 22.1. The van der Waals surface area contributed by atoms with Gasteiger partial charge in [-0.25, -0.2) is 9.59 Å². The molecule has 0 radical (unpaired) electrons. The highest BCUT2D eigenvalue weighted by atomic mass is 16.4. The van der Waals surface area contributed by atoms with Crippen molar-refractivity contribution in [3.05, 3.63) is 12.7 Å². The van der Waals surface area contributed by atoms with Crippen LogP contribution >= 0.6 is 0 Å². The third-order valence-electron chi connectivity index (χ3n) is 2.07. The lowest BCUT2D eigenvalue weighted by molar-refractivity contribution is -0.139. The summed E-state index contributed by atoms with van der Waals surface area (Å²) in [6.45, 7) is 7.68. The monoisotopic (exact) mass is 243 g/mol. The van der Waals surface area contributed by atoms with Gasteiger partial charge in [0.25, 0.3) is 0 Å². The molecule has 0 aliphatic carbocycles. The van der Waals surface area contributed by atoms with Crippen LogP contribution in [0.3, 0.4) is 0 Å². The fourth-order valence-electron chi connectivity index (χ4n) is 1.19. The van der Waals surface area contributed by atoms with Crippen molar-refractivity contribution in [1.82, 2.24) is 16.0 Å². The van der Waals surface area contributed by atoms with Crippen molar-refractivity contribution in [3.63, 3.8) is 0 Å². The quantitative estimate of drug-likeness (QED) is 0.346. The summed E-state index contributed by atoms with van der Waals surface area (Å²) in [5.41, 5.74) is 0. The van der Waals surface area contributed by atoms with Gasteiger partial charge in [0, 0.05) is 6.54 Å². The van der Waals surface area contributed by atoms with Gasteiger partial charge in [0.05, 0.1) is 0 Å². The number of hydrogen-bond donors (Lipinski definition) is 4. The Morgan fingerprint density at radius 1 is 1.41 bits per heavy atom. The standard InChI is InChI=1S/C11H21N3O3/c1-3-6-9(10(15)16)14-11(17)13-8-5-7-12-4-2/h3,9,12H,1,4-8H2,2H3,(H,15,16)(H2,13,14,17). The summed E-state index contributed by atoms with van der Waals surface area (Å²) >= 11 is 0. The Kier molecular flexibility index (Phi) is 8.77. The van der Waals surface area contributed by atoms with Crippen LogP contribution in [0.5, 0.6) is 0 Å². The molecule has 2 amide bonds. The van der Waals surface area contributed by atoms with E-state index in [2.05, 4.69) is 22.5 Å². The molecular formula is C11H21N3O3. The minimum atomic E-state index is -1.06. The Morgan fingerprint density at radius 2 is 2.12 bits per heavy atom. The van der Waals surface area contributed by atoms with Crippen LogP contribution in [0.2, 0.25) is 0 Å². The van der Waals surface area contributed by atoms with Gasteiger partial charge in [-0.1, -0.05) is 13.0 Å². The normalized spacial score (nSPS) is 11.6. The topological polar surface area (TPSA) is 90.5 Å². The molecule has 0 saturated heterocycles. The maximum atomic E-state index is 11.3. The molecule has 1 unspecified atom stereocenters. The van der Waals surface area contributed by atoms with Gasteiger partial charge in [-0.3, -0.25) is 0 Å². The van der Waals surface area contributed by atoms with Crippen LogP contribution in [-0.4, -0.2) is 42.8 Å². The third kappa shape index (κ3) is 8.27. The van der Waals surface area contributed by atoms with E-state index in [9.17, 15) is 9.59 Å². The van der Waals surface area contributed by atoms with Crippen LogP contribution in [0.25, 0.3) is 0 Å². The first-order valence-electron chi connectivity index (χ1n) is 5.70. The van der Waals surface area contributed by atoms with Crippen LogP contribution in [0.15, 0.2) is 12.7 Å². The van der Waals surface area contributed by atoms with E-state index in [1.54, 1.807) is 0 Å². The minimum absolute atomic E-state index is 0.208. The van der Waals surface area contributed by atoms with Gasteiger partial charge in [-0.05, 0) is 25.9 Å². The Bertz CT molecular complexity index is 256. The molecule has 1 atom stereocenters. The lowest BCUT2D eigenvalue weighted by Crippen LogP contribution is -2.46. The highest BCUT2D eigenvalue weighted by molar-refractivity contribution is 5.82. The molecule has 98 valence electrons. The largest absolute Gasteiger partial charge is 0.480 e. The van der Waals surface area contributed by atoms with E-state index < -0.39 is 18.0 Å². The Hall–Kier alpha value is -1.56. The molecule has 17 heavy (non-hydrogen) atoms. The molecule has 0 aromatic heterocycles. The molecule has 0 spiro atoms. The van der Waals surface area contributed by atoms with E-state index in [4.69, 9.17) is 5.11 Å². The molecule has 0 saturated carbocycles. The van der Waals surface area contributed by atoms with Gasteiger partial charge in [-0.15, -0.1) is 6.58 Å². The lowest BCUT2D eigenvalue weighted by Gasteiger charge is -2.13. The van der Waals surface area contributed by atoms with Crippen LogP contribution in [0.1, 0.15) is 19.8 Å². The van der Waals surface area contributed by atoms with Gasteiger partial charge in [0.2, 0.25) is 0 Å². The first-order valence-corrected chi connectivity index (χ1v) is 5.70. The Balaban J connectivity index is 3.75. The highest BCUT2D eigenvalue weighted by Crippen LogP contribution is 1.92. The van der Waals surface area contributed by atoms with E-state index in [0.29, 0.717) is 6.54 Å². The van der Waals surface area contributed by atoms with Crippen LogP contribution in [0.4, 0.5) is 4.79 Å². The molecule has 0 fully saturated rings. The van der Waals surface area contributed by atoms with Gasteiger partial charge in [0.1, 0.15) is 6.04 Å². The molecule has 6 nitrogen and oxygen atoms in total. The summed E-state index contributed by atoms with van der Waals surface area (Å²) in [5, 5.41) is 16.9. The molecule has 0 rings (SSSR count). The summed E-state index contributed by atoms with van der Waals surface area (Å²) in [6, 6.07) is -1.38. The van der Waals surface area contributed by atoms with E-state index in [1.165, 1.54) is 6.08 Å².